The van der Waals surface area contributed by atoms with Crippen LogP contribution in [0.25, 0.3) is 26.1 Å². The smallest absolute Gasteiger partial charge is 0.345 e. The molecule has 5 rings (SSSR count). The first-order valence-corrected chi connectivity index (χ1v) is 11.5. The molecule has 0 aliphatic heterocycles. The molecule has 5 aromatic rings. The molecule has 0 fully saturated rings. The van der Waals surface area contributed by atoms with Crippen molar-refractivity contribution in [1.29, 1.82) is 0 Å². The third-order valence-corrected chi connectivity index (χ3v) is 6.99. The maximum absolute atomic E-state index is 13.4. The molecule has 4 aromatic heterocycles. The van der Waals surface area contributed by atoms with Crippen molar-refractivity contribution in [2.75, 3.05) is 6.61 Å². The summed E-state index contributed by atoms with van der Waals surface area (Å²) in [6.45, 7) is 1.93. The standard InChI is InChI=1S/C23H17N3O3S2/c1-2-29-23(28)19-20(27)16-11-15(30-13-14-7-5-6-10-24-14)12-25-21(16)26-17-8-3-4-9-18(17)31-22(19)26/h3-12H,2,13H2,1H3. The molecule has 0 amide bonds. The normalized spacial score (nSPS) is 11.4. The number of carbonyl (C=O) groups excluding carboxylic acids is 1. The highest BCUT2D eigenvalue weighted by atomic mass is 32.2. The molecule has 0 unspecified atom stereocenters. The Bertz CT molecular complexity index is 1490. The van der Waals surface area contributed by atoms with Crippen LogP contribution in [0.3, 0.4) is 0 Å². The third kappa shape index (κ3) is 3.47. The Labute approximate surface area is 185 Å². The zero-order valence-electron chi connectivity index (χ0n) is 16.6. The second kappa shape index (κ2) is 8.13. The Morgan fingerprint density at radius 2 is 2.00 bits per heavy atom. The summed E-state index contributed by atoms with van der Waals surface area (Å²) < 4.78 is 8.07. The molecule has 4 heterocycles. The largest absolute Gasteiger partial charge is 0.462 e. The summed E-state index contributed by atoms with van der Waals surface area (Å²) in [5.74, 6) is 0.0500. The quantitative estimate of drug-likeness (QED) is 0.281. The monoisotopic (exact) mass is 447 g/mol. The fourth-order valence-corrected chi connectivity index (χ4v) is 5.47. The molecule has 0 N–H and O–H groups in total. The molecule has 0 aliphatic rings. The van der Waals surface area contributed by atoms with Gasteiger partial charge in [0, 0.05) is 23.0 Å². The average Bonchev–Trinajstić information content (AvgIpc) is 3.18. The number of aromatic nitrogens is 3. The van der Waals surface area contributed by atoms with Crippen molar-refractivity contribution in [2.45, 2.75) is 17.6 Å². The highest BCUT2D eigenvalue weighted by molar-refractivity contribution is 7.98. The maximum atomic E-state index is 13.4. The van der Waals surface area contributed by atoms with E-state index < -0.39 is 5.97 Å². The number of ether oxygens (including phenoxy) is 1. The van der Waals surface area contributed by atoms with Crippen LogP contribution in [0.2, 0.25) is 0 Å². The van der Waals surface area contributed by atoms with Crippen molar-refractivity contribution in [2.24, 2.45) is 0 Å². The highest BCUT2D eigenvalue weighted by Crippen LogP contribution is 2.32. The minimum absolute atomic E-state index is 0.0595. The Morgan fingerprint density at radius 1 is 1.16 bits per heavy atom. The van der Waals surface area contributed by atoms with E-state index in [0.717, 1.165) is 20.8 Å². The molecule has 1 aromatic carbocycles. The van der Waals surface area contributed by atoms with E-state index >= 15 is 0 Å². The summed E-state index contributed by atoms with van der Waals surface area (Å²) in [6, 6.07) is 15.4. The van der Waals surface area contributed by atoms with E-state index in [4.69, 9.17) is 4.74 Å². The minimum atomic E-state index is -0.606. The highest BCUT2D eigenvalue weighted by Gasteiger charge is 2.23. The fraction of sp³-hybridized carbons (Fsp3) is 0.130. The van der Waals surface area contributed by atoms with E-state index in [0.29, 0.717) is 21.6 Å². The molecule has 6 nitrogen and oxygen atoms in total. The summed E-state index contributed by atoms with van der Waals surface area (Å²) in [5, 5.41) is 0.398. The lowest BCUT2D eigenvalue weighted by atomic mass is 10.2. The number of hydrogen-bond acceptors (Lipinski definition) is 7. The second-order valence-corrected chi connectivity index (χ2v) is 8.87. The van der Waals surface area contributed by atoms with Crippen molar-refractivity contribution < 1.29 is 9.53 Å². The number of thiazole rings is 1. The van der Waals surface area contributed by atoms with Gasteiger partial charge in [0.1, 0.15) is 16.0 Å². The first-order chi connectivity index (χ1) is 15.2. The molecule has 154 valence electrons. The molecular formula is C23H17N3O3S2. The Kier molecular flexibility index (Phi) is 5.17. The third-order valence-electron chi connectivity index (χ3n) is 4.85. The second-order valence-electron chi connectivity index (χ2n) is 6.79. The van der Waals surface area contributed by atoms with Gasteiger partial charge in [-0.3, -0.25) is 14.2 Å². The SMILES string of the molecule is CCOC(=O)c1c(=O)c2cc(SCc3ccccn3)cnc2n2c1sc1ccccc12. The number of para-hydroxylation sites is 1. The summed E-state index contributed by atoms with van der Waals surface area (Å²) in [7, 11) is 0. The van der Waals surface area contributed by atoms with Gasteiger partial charge in [-0.05, 0) is 37.3 Å². The van der Waals surface area contributed by atoms with E-state index in [-0.39, 0.29) is 17.6 Å². The molecule has 0 radical (unpaired) electrons. The van der Waals surface area contributed by atoms with Crippen molar-refractivity contribution in [3.63, 3.8) is 0 Å². The van der Waals surface area contributed by atoms with Gasteiger partial charge >= 0.3 is 5.97 Å². The number of nitrogens with zero attached hydrogens (tertiary/aromatic N) is 3. The number of rotatable bonds is 5. The van der Waals surface area contributed by atoms with Crippen LogP contribution in [0.4, 0.5) is 0 Å². The van der Waals surface area contributed by atoms with Gasteiger partial charge in [-0.2, -0.15) is 0 Å². The number of benzene rings is 1. The van der Waals surface area contributed by atoms with Crippen LogP contribution < -0.4 is 5.43 Å². The zero-order chi connectivity index (χ0) is 21.4. The Balaban J connectivity index is 1.73. The molecule has 0 atom stereocenters. The molecular weight excluding hydrogens is 430 g/mol. The van der Waals surface area contributed by atoms with Gasteiger partial charge < -0.3 is 4.74 Å². The van der Waals surface area contributed by atoms with Crippen molar-refractivity contribution in [1.82, 2.24) is 14.4 Å². The van der Waals surface area contributed by atoms with Crippen LogP contribution in [0.15, 0.2) is 70.6 Å². The summed E-state index contributed by atoms with van der Waals surface area (Å²) in [6.07, 6.45) is 3.52. The number of esters is 1. The fourth-order valence-electron chi connectivity index (χ4n) is 3.48. The van der Waals surface area contributed by atoms with Gasteiger partial charge in [0.25, 0.3) is 0 Å². The van der Waals surface area contributed by atoms with E-state index in [2.05, 4.69) is 9.97 Å². The first-order valence-electron chi connectivity index (χ1n) is 9.73. The summed E-state index contributed by atoms with van der Waals surface area (Å²) >= 11 is 2.94. The Hall–Kier alpha value is -3.23. The number of fused-ring (bicyclic) bond motifs is 5. The number of pyridine rings is 3. The van der Waals surface area contributed by atoms with Crippen LogP contribution in [0.5, 0.6) is 0 Å². The van der Waals surface area contributed by atoms with Crippen LogP contribution in [-0.2, 0) is 10.5 Å². The molecule has 0 spiro atoms. The summed E-state index contributed by atoms with van der Waals surface area (Å²) in [4.78, 5) is 36.5. The van der Waals surface area contributed by atoms with Crippen LogP contribution in [0.1, 0.15) is 23.0 Å². The van der Waals surface area contributed by atoms with Gasteiger partial charge in [0.05, 0.1) is 27.9 Å². The average molecular weight is 448 g/mol. The molecule has 0 saturated carbocycles. The summed E-state index contributed by atoms with van der Waals surface area (Å²) in [5.41, 5.74) is 2.08. The lowest BCUT2D eigenvalue weighted by molar-refractivity contribution is 0.0527. The van der Waals surface area contributed by atoms with E-state index in [1.807, 2.05) is 46.9 Å². The first kappa shape index (κ1) is 19.7. The zero-order valence-corrected chi connectivity index (χ0v) is 18.2. The van der Waals surface area contributed by atoms with E-state index in [1.165, 1.54) is 11.3 Å². The molecule has 31 heavy (non-hydrogen) atoms. The van der Waals surface area contributed by atoms with Gasteiger partial charge in [0.2, 0.25) is 5.43 Å². The predicted octanol–water partition coefficient (Wildman–Crippen LogP) is 4.93. The van der Waals surface area contributed by atoms with Crippen molar-refractivity contribution >= 4 is 55.1 Å². The maximum Gasteiger partial charge on any atom is 0.345 e. The number of hydrogen-bond donors (Lipinski definition) is 0. The molecule has 8 heteroatoms. The van der Waals surface area contributed by atoms with Gasteiger partial charge in [-0.1, -0.05) is 18.2 Å². The van der Waals surface area contributed by atoms with Gasteiger partial charge in [-0.25, -0.2) is 9.78 Å². The lowest BCUT2D eigenvalue weighted by Gasteiger charge is -2.09. The Morgan fingerprint density at radius 3 is 2.81 bits per heavy atom. The van der Waals surface area contributed by atoms with E-state index in [9.17, 15) is 9.59 Å². The van der Waals surface area contributed by atoms with Crippen molar-refractivity contribution in [3.05, 3.63) is 82.4 Å². The van der Waals surface area contributed by atoms with Crippen LogP contribution >= 0.6 is 23.1 Å². The lowest BCUT2D eigenvalue weighted by Crippen LogP contribution is -2.20. The van der Waals surface area contributed by atoms with Crippen molar-refractivity contribution in [3.8, 4) is 0 Å². The van der Waals surface area contributed by atoms with Gasteiger partial charge in [0.15, 0.2) is 0 Å². The molecule has 0 aliphatic carbocycles. The number of carbonyl (C=O) groups is 1. The van der Waals surface area contributed by atoms with E-state index in [1.54, 1.807) is 37.1 Å². The van der Waals surface area contributed by atoms with Crippen LogP contribution in [-0.4, -0.2) is 26.9 Å². The molecule has 0 bridgehead atoms. The van der Waals surface area contributed by atoms with Crippen LogP contribution in [0, 0.1) is 0 Å². The van der Waals surface area contributed by atoms with Gasteiger partial charge in [-0.15, -0.1) is 23.1 Å². The predicted molar refractivity (Wildman–Crippen MR) is 124 cm³/mol. The minimum Gasteiger partial charge on any atom is -0.462 e. The topological polar surface area (TPSA) is 73.6 Å². The molecule has 0 saturated heterocycles. The number of thioether (sulfide) groups is 1.